The van der Waals surface area contributed by atoms with Gasteiger partial charge in [0.1, 0.15) is 0 Å². The van der Waals surface area contributed by atoms with Crippen LogP contribution in [0.3, 0.4) is 0 Å². The third-order valence-corrected chi connectivity index (χ3v) is 2.87. The average Bonchev–Trinajstić information content (AvgIpc) is 2.38. The molecule has 0 heterocycles. The molecule has 0 fully saturated rings. The zero-order valence-electron chi connectivity index (χ0n) is 11.2. The molecule has 1 aromatic rings. The Morgan fingerprint density at radius 2 is 2.16 bits per heavy atom. The fourth-order valence-corrected chi connectivity index (χ4v) is 1.79. The van der Waals surface area contributed by atoms with Gasteiger partial charge >= 0.3 is 0 Å². The highest BCUT2D eigenvalue weighted by atomic mass is 16.6. The lowest BCUT2D eigenvalue weighted by atomic mass is 10.1. The minimum atomic E-state index is -0.588. The standard InChI is InChI=1S/C13H19N3O3/c1-3-5-11(14)13(17)15-10-7-6-9(4-2)12(8-10)16(18)19/h6-8,11H,3-5,14H2,1-2H3,(H,15,17). The maximum absolute atomic E-state index is 11.7. The molecule has 0 aromatic heterocycles. The number of nitro groups is 1. The van der Waals surface area contributed by atoms with E-state index in [9.17, 15) is 14.9 Å². The van der Waals surface area contributed by atoms with Crippen molar-refractivity contribution in [2.24, 2.45) is 5.73 Å². The molecule has 19 heavy (non-hydrogen) atoms. The molecule has 1 rings (SSSR count). The fraction of sp³-hybridized carbons (Fsp3) is 0.462. The molecule has 6 nitrogen and oxygen atoms in total. The van der Waals surface area contributed by atoms with Crippen LogP contribution in [-0.2, 0) is 11.2 Å². The van der Waals surface area contributed by atoms with Crippen LogP contribution in [0.1, 0.15) is 32.3 Å². The molecule has 0 saturated heterocycles. The van der Waals surface area contributed by atoms with Crippen LogP contribution in [0.15, 0.2) is 18.2 Å². The van der Waals surface area contributed by atoms with Crippen LogP contribution in [0, 0.1) is 10.1 Å². The number of hydrogen-bond acceptors (Lipinski definition) is 4. The van der Waals surface area contributed by atoms with Gasteiger partial charge in [0.05, 0.1) is 11.0 Å². The average molecular weight is 265 g/mol. The number of carbonyl (C=O) groups excluding carboxylic acids is 1. The molecular weight excluding hydrogens is 246 g/mol. The van der Waals surface area contributed by atoms with Crippen molar-refractivity contribution in [3.05, 3.63) is 33.9 Å². The van der Waals surface area contributed by atoms with E-state index in [0.29, 0.717) is 24.1 Å². The Labute approximate surface area is 112 Å². The summed E-state index contributed by atoms with van der Waals surface area (Å²) >= 11 is 0. The summed E-state index contributed by atoms with van der Waals surface area (Å²) in [5, 5.41) is 13.5. The van der Waals surface area contributed by atoms with Gasteiger partial charge in [0.2, 0.25) is 5.91 Å². The van der Waals surface area contributed by atoms with Gasteiger partial charge in [-0.3, -0.25) is 14.9 Å². The van der Waals surface area contributed by atoms with Gasteiger partial charge in [-0.25, -0.2) is 0 Å². The quantitative estimate of drug-likeness (QED) is 0.608. The lowest BCUT2D eigenvalue weighted by Crippen LogP contribution is -2.35. The van der Waals surface area contributed by atoms with Crippen molar-refractivity contribution in [2.45, 2.75) is 39.2 Å². The Kier molecular flexibility index (Phi) is 5.44. The minimum absolute atomic E-state index is 0.0179. The molecule has 0 saturated carbocycles. The number of carbonyl (C=O) groups is 1. The van der Waals surface area contributed by atoms with Crippen molar-refractivity contribution in [1.82, 2.24) is 0 Å². The Morgan fingerprint density at radius 1 is 1.47 bits per heavy atom. The Hall–Kier alpha value is -1.95. The van der Waals surface area contributed by atoms with E-state index >= 15 is 0 Å². The molecule has 1 amide bonds. The molecule has 0 aliphatic rings. The van der Waals surface area contributed by atoms with Crippen molar-refractivity contribution >= 4 is 17.3 Å². The highest BCUT2D eigenvalue weighted by Gasteiger charge is 2.16. The maximum Gasteiger partial charge on any atom is 0.274 e. The number of benzene rings is 1. The molecule has 1 atom stereocenters. The Bertz CT molecular complexity index is 474. The summed E-state index contributed by atoms with van der Waals surface area (Å²) in [6, 6.07) is 4.09. The van der Waals surface area contributed by atoms with E-state index in [-0.39, 0.29) is 11.6 Å². The van der Waals surface area contributed by atoms with E-state index in [1.807, 2.05) is 13.8 Å². The van der Waals surface area contributed by atoms with Gasteiger partial charge < -0.3 is 11.1 Å². The highest BCUT2D eigenvalue weighted by Crippen LogP contribution is 2.23. The van der Waals surface area contributed by atoms with Gasteiger partial charge in [0.25, 0.3) is 5.69 Å². The predicted octanol–water partition coefficient (Wildman–Crippen LogP) is 2.22. The van der Waals surface area contributed by atoms with Crippen LogP contribution in [0.5, 0.6) is 0 Å². The first-order valence-electron chi connectivity index (χ1n) is 6.33. The summed E-state index contributed by atoms with van der Waals surface area (Å²) in [5.74, 6) is -0.319. The summed E-state index contributed by atoms with van der Waals surface area (Å²) in [4.78, 5) is 22.2. The zero-order valence-corrected chi connectivity index (χ0v) is 11.2. The van der Waals surface area contributed by atoms with Gasteiger partial charge in [-0.2, -0.15) is 0 Å². The largest absolute Gasteiger partial charge is 0.324 e. The molecule has 104 valence electrons. The first-order chi connectivity index (χ1) is 8.99. The molecule has 3 N–H and O–H groups in total. The van der Waals surface area contributed by atoms with Crippen LogP contribution in [0.2, 0.25) is 0 Å². The normalized spacial score (nSPS) is 11.9. The number of nitro benzene ring substituents is 1. The zero-order chi connectivity index (χ0) is 14.4. The van der Waals surface area contributed by atoms with Crippen molar-refractivity contribution in [3.63, 3.8) is 0 Å². The monoisotopic (exact) mass is 265 g/mol. The second-order valence-electron chi connectivity index (χ2n) is 4.34. The molecule has 1 aromatic carbocycles. The summed E-state index contributed by atoms with van der Waals surface area (Å²) in [6.45, 7) is 3.78. The van der Waals surface area contributed by atoms with E-state index in [1.54, 1.807) is 12.1 Å². The smallest absolute Gasteiger partial charge is 0.274 e. The first kappa shape index (κ1) is 15.1. The van der Waals surface area contributed by atoms with E-state index in [0.717, 1.165) is 6.42 Å². The summed E-state index contributed by atoms with van der Waals surface area (Å²) in [6.07, 6.45) is 1.96. The van der Waals surface area contributed by atoms with E-state index < -0.39 is 11.0 Å². The Balaban J connectivity index is 2.88. The number of anilines is 1. The number of amides is 1. The van der Waals surface area contributed by atoms with Gasteiger partial charge in [-0.15, -0.1) is 0 Å². The number of rotatable bonds is 6. The molecule has 0 radical (unpaired) electrons. The van der Waals surface area contributed by atoms with E-state index in [4.69, 9.17) is 5.73 Å². The van der Waals surface area contributed by atoms with Crippen molar-refractivity contribution in [1.29, 1.82) is 0 Å². The van der Waals surface area contributed by atoms with Crippen LogP contribution < -0.4 is 11.1 Å². The second-order valence-corrected chi connectivity index (χ2v) is 4.34. The predicted molar refractivity (Wildman–Crippen MR) is 74.0 cm³/mol. The Morgan fingerprint density at radius 3 is 2.68 bits per heavy atom. The lowest BCUT2D eigenvalue weighted by molar-refractivity contribution is -0.385. The number of nitrogens with two attached hydrogens (primary N) is 1. The number of nitrogens with one attached hydrogen (secondary N) is 1. The third kappa shape index (κ3) is 4.03. The van der Waals surface area contributed by atoms with Crippen molar-refractivity contribution in [3.8, 4) is 0 Å². The molecule has 0 bridgehead atoms. The molecule has 0 aliphatic heterocycles. The number of hydrogen-bond donors (Lipinski definition) is 2. The second kappa shape index (κ2) is 6.84. The molecular formula is C13H19N3O3. The van der Waals surface area contributed by atoms with Crippen LogP contribution >= 0.6 is 0 Å². The van der Waals surface area contributed by atoms with E-state index in [2.05, 4.69) is 5.32 Å². The van der Waals surface area contributed by atoms with E-state index in [1.165, 1.54) is 6.07 Å². The molecule has 6 heteroatoms. The van der Waals surface area contributed by atoms with Gasteiger partial charge in [-0.1, -0.05) is 26.3 Å². The van der Waals surface area contributed by atoms with Crippen molar-refractivity contribution in [2.75, 3.05) is 5.32 Å². The summed E-state index contributed by atoms with van der Waals surface area (Å²) in [5.41, 5.74) is 6.74. The van der Waals surface area contributed by atoms with Crippen LogP contribution in [0.4, 0.5) is 11.4 Å². The molecule has 0 aliphatic carbocycles. The molecule has 0 spiro atoms. The first-order valence-corrected chi connectivity index (χ1v) is 6.33. The topological polar surface area (TPSA) is 98.3 Å². The third-order valence-electron chi connectivity index (χ3n) is 2.87. The van der Waals surface area contributed by atoms with Crippen molar-refractivity contribution < 1.29 is 9.72 Å². The highest BCUT2D eigenvalue weighted by molar-refractivity contribution is 5.94. The SMILES string of the molecule is CCCC(N)C(=O)Nc1ccc(CC)c([N+](=O)[O-])c1. The van der Waals surface area contributed by atoms with Gasteiger partial charge in [0, 0.05) is 17.3 Å². The molecule has 1 unspecified atom stereocenters. The van der Waals surface area contributed by atoms with Crippen LogP contribution in [0.25, 0.3) is 0 Å². The van der Waals surface area contributed by atoms with Gasteiger partial charge in [-0.05, 0) is 18.9 Å². The van der Waals surface area contributed by atoms with Gasteiger partial charge in [0.15, 0.2) is 0 Å². The lowest BCUT2D eigenvalue weighted by Gasteiger charge is -2.11. The summed E-state index contributed by atoms with van der Waals surface area (Å²) < 4.78 is 0. The fourth-order valence-electron chi connectivity index (χ4n) is 1.79. The number of nitrogens with zero attached hydrogens (tertiary/aromatic N) is 1. The maximum atomic E-state index is 11.7. The summed E-state index contributed by atoms with van der Waals surface area (Å²) in [7, 11) is 0. The number of aryl methyl sites for hydroxylation is 1. The van der Waals surface area contributed by atoms with Crippen LogP contribution in [-0.4, -0.2) is 16.9 Å². The minimum Gasteiger partial charge on any atom is -0.324 e.